The van der Waals surface area contributed by atoms with Crippen LogP contribution in [0.2, 0.25) is 0 Å². The lowest BCUT2D eigenvalue weighted by Crippen LogP contribution is -2.59. The van der Waals surface area contributed by atoms with Gasteiger partial charge in [-0.05, 0) is 45.2 Å². The summed E-state index contributed by atoms with van der Waals surface area (Å²) in [5, 5.41) is 3.39. The minimum absolute atomic E-state index is 0. The van der Waals surface area contributed by atoms with Crippen LogP contribution in [0.1, 0.15) is 45.4 Å². The first-order chi connectivity index (χ1) is 13.1. The van der Waals surface area contributed by atoms with Crippen molar-refractivity contribution in [1.82, 2.24) is 20.0 Å². The first kappa shape index (κ1) is 22.9. The van der Waals surface area contributed by atoms with Crippen LogP contribution < -0.4 is 5.32 Å². The van der Waals surface area contributed by atoms with Crippen molar-refractivity contribution in [2.45, 2.75) is 57.5 Å². The maximum Gasteiger partial charge on any atom is 0.418 e. The number of carbonyl (C=O) groups excluding carboxylic acids is 3. The van der Waals surface area contributed by atoms with E-state index in [2.05, 4.69) is 10.2 Å². The van der Waals surface area contributed by atoms with E-state index in [4.69, 9.17) is 4.74 Å². The van der Waals surface area contributed by atoms with E-state index in [-0.39, 0.29) is 24.7 Å². The number of likely N-dealkylation sites (tertiary alicyclic amines) is 1. The van der Waals surface area contributed by atoms with E-state index in [0.717, 1.165) is 39.0 Å². The van der Waals surface area contributed by atoms with Gasteiger partial charge in [0.1, 0.15) is 6.04 Å². The van der Waals surface area contributed by atoms with Crippen molar-refractivity contribution < 1.29 is 19.1 Å². The zero-order chi connectivity index (χ0) is 19.2. The number of ether oxygens (including phenoxy) is 1. The SMILES string of the molecule is CCC(=O)OC(=O)N1CCCCC1C(=O)N1CCN(C2CCNCC2)CC1.Cl. The number of rotatable bonds is 3. The smallest absolute Gasteiger partial charge is 0.376 e. The summed E-state index contributed by atoms with van der Waals surface area (Å²) in [6.07, 6.45) is 4.20. The van der Waals surface area contributed by atoms with Crippen molar-refractivity contribution >= 4 is 30.4 Å². The predicted molar refractivity (Wildman–Crippen MR) is 107 cm³/mol. The average Bonchev–Trinajstić information content (AvgIpc) is 2.73. The molecule has 2 amide bonds. The van der Waals surface area contributed by atoms with E-state index in [1.54, 1.807) is 6.92 Å². The summed E-state index contributed by atoms with van der Waals surface area (Å²) in [6, 6.07) is 0.117. The molecule has 8 nitrogen and oxygen atoms in total. The largest absolute Gasteiger partial charge is 0.418 e. The van der Waals surface area contributed by atoms with E-state index in [9.17, 15) is 14.4 Å². The Bertz CT molecular complexity index is 548. The number of piperazine rings is 1. The summed E-state index contributed by atoms with van der Waals surface area (Å²) in [4.78, 5) is 42.7. The molecule has 0 bridgehead atoms. The molecule has 9 heteroatoms. The Hall–Kier alpha value is -1.38. The summed E-state index contributed by atoms with van der Waals surface area (Å²) in [5.74, 6) is -0.548. The Balaban J connectivity index is 0.00000280. The Morgan fingerprint density at radius 2 is 1.64 bits per heavy atom. The van der Waals surface area contributed by atoms with Crippen LogP contribution in [0.5, 0.6) is 0 Å². The highest BCUT2D eigenvalue weighted by Crippen LogP contribution is 2.22. The van der Waals surface area contributed by atoms with Gasteiger partial charge in [0.2, 0.25) is 5.91 Å². The van der Waals surface area contributed by atoms with Crippen LogP contribution in [-0.4, -0.2) is 90.6 Å². The van der Waals surface area contributed by atoms with Gasteiger partial charge in [0.15, 0.2) is 0 Å². The third-order valence-corrected chi connectivity index (χ3v) is 5.96. The van der Waals surface area contributed by atoms with Crippen LogP contribution in [0.3, 0.4) is 0 Å². The molecule has 1 N–H and O–H groups in total. The highest BCUT2D eigenvalue weighted by Gasteiger charge is 2.37. The Morgan fingerprint density at radius 1 is 0.964 bits per heavy atom. The van der Waals surface area contributed by atoms with Gasteiger partial charge < -0.3 is 15.0 Å². The Kier molecular flexibility index (Phi) is 8.98. The number of hydrogen-bond acceptors (Lipinski definition) is 6. The number of esters is 1. The molecule has 0 saturated carbocycles. The summed E-state index contributed by atoms with van der Waals surface area (Å²) in [6.45, 7) is 7.45. The van der Waals surface area contributed by atoms with Gasteiger partial charge in [-0.25, -0.2) is 4.79 Å². The lowest BCUT2D eigenvalue weighted by atomic mass is 10.0. The zero-order valence-corrected chi connectivity index (χ0v) is 17.5. The number of piperidine rings is 2. The third kappa shape index (κ3) is 5.58. The van der Waals surface area contributed by atoms with E-state index < -0.39 is 18.1 Å². The second kappa shape index (κ2) is 11.0. The molecule has 0 aromatic heterocycles. The van der Waals surface area contributed by atoms with Crippen molar-refractivity contribution in [2.75, 3.05) is 45.8 Å². The molecule has 160 valence electrons. The standard InChI is InChI=1S/C19H32N4O4.ClH/c1-2-17(24)27-19(26)23-10-4-3-5-16(23)18(25)22-13-11-21(12-14-22)15-6-8-20-9-7-15;/h15-16,20H,2-14H2,1H3;1H. The lowest BCUT2D eigenvalue weighted by molar-refractivity contribution is -0.143. The minimum Gasteiger partial charge on any atom is -0.376 e. The average molecular weight is 417 g/mol. The van der Waals surface area contributed by atoms with Crippen molar-refractivity contribution in [2.24, 2.45) is 0 Å². The fourth-order valence-corrected chi connectivity index (χ4v) is 4.33. The number of nitrogens with one attached hydrogen (secondary N) is 1. The quantitative estimate of drug-likeness (QED) is 0.550. The van der Waals surface area contributed by atoms with Gasteiger partial charge in [0.25, 0.3) is 0 Å². The molecule has 0 aromatic rings. The fraction of sp³-hybridized carbons (Fsp3) is 0.842. The molecule has 3 rings (SSSR count). The van der Waals surface area contributed by atoms with Crippen LogP contribution in [0, 0.1) is 0 Å². The summed E-state index contributed by atoms with van der Waals surface area (Å²) in [7, 11) is 0. The highest BCUT2D eigenvalue weighted by molar-refractivity contribution is 5.89. The van der Waals surface area contributed by atoms with Crippen LogP contribution in [0.4, 0.5) is 4.79 Å². The molecule has 28 heavy (non-hydrogen) atoms. The highest BCUT2D eigenvalue weighted by atomic mass is 35.5. The molecule has 3 heterocycles. The normalized spacial score (nSPS) is 24.4. The van der Waals surface area contributed by atoms with Crippen LogP contribution in [0.25, 0.3) is 0 Å². The fourth-order valence-electron chi connectivity index (χ4n) is 4.33. The van der Waals surface area contributed by atoms with Gasteiger partial charge in [-0.15, -0.1) is 12.4 Å². The Labute approximate surface area is 173 Å². The van der Waals surface area contributed by atoms with E-state index >= 15 is 0 Å². The van der Waals surface area contributed by atoms with E-state index in [0.29, 0.717) is 32.1 Å². The van der Waals surface area contributed by atoms with Gasteiger partial charge in [-0.1, -0.05) is 6.92 Å². The van der Waals surface area contributed by atoms with Crippen molar-refractivity contribution in [3.05, 3.63) is 0 Å². The first-order valence-electron chi connectivity index (χ1n) is 10.3. The number of nitrogens with zero attached hydrogens (tertiary/aromatic N) is 3. The molecule has 3 aliphatic heterocycles. The van der Waals surface area contributed by atoms with Crippen molar-refractivity contribution in [1.29, 1.82) is 0 Å². The lowest BCUT2D eigenvalue weighted by Gasteiger charge is -2.43. The third-order valence-electron chi connectivity index (χ3n) is 5.96. The molecular weight excluding hydrogens is 384 g/mol. The number of carbonyl (C=O) groups is 3. The van der Waals surface area contributed by atoms with Crippen LogP contribution in [0.15, 0.2) is 0 Å². The number of halogens is 1. The molecule has 3 saturated heterocycles. The number of amides is 2. The molecule has 0 radical (unpaired) electrons. The minimum atomic E-state index is -0.673. The molecule has 0 spiro atoms. The van der Waals surface area contributed by atoms with Crippen molar-refractivity contribution in [3.63, 3.8) is 0 Å². The predicted octanol–water partition coefficient (Wildman–Crippen LogP) is 1.23. The van der Waals surface area contributed by atoms with E-state index in [1.807, 2.05) is 4.90 Å². The summed E-state index contributed by atoms with van der Waals surface area (Å²) in [5.41, 5.74) is 0. The van der Waals surface area contributed by atoms with Gasteiger partial charge in [-0.3, -0.25) is 19.4 Å². The topological polar surface area (TPSA) is 82.2 Å². The second-order valence-corrected chi connectivity index (χ2v) is 7.64. The summed E-state index contributed by atoms with van der Waals surface area (Å²) < 4.78 is 4.87. The maximum atomic E-state index is 13.1. The van der Waals surface area contributed by atoms with Crippen LogP contribution in [-0.2, 0) is 14.3 Å². The van der Waals surface area contributed by atoms with Gasteiger partial charge >= 0.3 is 12.1 Å². The maximum absolute atomic E-state index is 13.1. The monoisotopic (exact) mass is 416 g/mol. The molecule has 3 fully saturated rings. The number of hydrogen-bond donors (Lipinski definition) is 1. The van der Waals surface area contributed by atoms with Crippen LogP contribution >= 0.6 is 12.4 Å². The molecule has 0 aromatic carbocycles. The second-order valence-electron chi connectivity index (χ2n) is 7.64. The van der Waals surface area contributed by atoms with Crippen molar-refractivity contribution in [3.8, 4) is 0 Å². The molecular formula is C19H33ClN4O4. The first-order valence-corrected chi connectivity index (χ1v) is 10.3. The summed E-state index contributed by atoms with van der Waals surface area (Å²) >= 11 is 0. The van der Waals surface area contributed by atoms with Gasteiger partial charge in [-0.2, -0.15) is 0 Å². The zero-order valence-electron chi connectivity index (χ0n) is 16.7. The van der Waals surface area contributed by atoms with Gasteiger partial charge in [0, 0.05) is 45.2 Å². The molecule has 1 unspecified atom stereocenters. The van der Waals surface area contributed by atoms with E-state index in [1.165, 1.54) is 17.7 Å². The molecule has 3 aliphatic rings. The molecule has 0 aliphatic carbocycles. The molecule has 1 atom stereocenters. The van der Waals surface area contributed by atoms with Gasteiger partial charge in [0.05, 0.1) is 0 Å². The Morgan fingerprint density at radius 3 is 2.29 bits per heavy atom.